The average molecular weight is 296 g/mol. The number of nitrogens with zero attached hydrogens (tertiary/aromatic N) is 1. The van der Waals surface area contributed by atoms with Crippen LogP contribution in [0.1, 0.15) is 23.4 Å². The molecule has 1 saturated heterocycles. The summed E-state index contributed by atoms with van der Waals surface area (Å²) in [5.74, 6) is -0.0778. The molecule has 1 aliphatic heterocycles. The molecular weight excluding hydrogens is 278 g/mol. The summed E-state index contributed by atoms with van der Waals surface area (Å²) < 4.78 is 11.0. The van der Waals surface area contributed by atoms with Crippen LogP contribution in [-0.4, -0.2) is 37.1 Å². The molecule has 1 fully saturated rings. The molecule has 1 aliphatic rings. The Balaban J connectivity index is 0.00000147. The monoisotopic (exact) mass is 295 g/mol. The maximum atomic E-state index is 12.1. The number of furan rings is 1. The fourth-order valence-electron chi connectivity index (χ4n) is 2.51. The molecule has 5 heteroatoms. The Kier molecular flexibility index (Phi) is 4.68. The van der Waals surface area contributed by atoms with Crippen molar-refractivity contribution < 1.29 is 13.9 Å². The van der Waals surface area contributed by atoms with Gasteiger partial charge in [0, 0.05) is 11.9 Å². The van der Waals surface area contributed by atoms with Gasteiger partial charge in [0.25, 0.3) is 0 Å². The van der Waals surface area contributed by atoms with E-state index >= 15 is 0 Å². The van der Waals surface area contributed by atoms with Gasteiger partial charge in [0.1, 0.15) is 11.7 Å². The number of benzene rings is 1. The molecule has 2 aromatic rings. The van der Waals surface area contributed by atoms with E-state index in [1.54, 1.807) is 6.07 Å². The Hall–Kier alpha value is -1.52. The highest BCUT2D eigenvalue weighted by atomic mass is 35.5. The Labute approximate surface area is 124 Å². The Morgan fingerprint density at radius 3 is 2.95 bits per heavy atom. The normalized spacial score (nSPS) is 19.6. The second-order valence-corrected chi connectivity index (χ2v) is 5.08. The van der Waals surface area contributed by atoms with E-state index in [2.05, 4.69) is 4.90 Å². The van der Waals surface area contributed by atoms with Gasteiger partial charge in [-0.15, -0.1) is 12.4 Å². The molecule has 0 amide bonds. The van der Waals surface area contributed by atoms with Crippen LogP contribution in [0.4, 0.5) is 0 Å². The number of rotatable bonds is 2. The van der Waals surface area contributed by atoms with E-state index in [-0.39, 0.29) is 30.2 Å². The fourth-order valence-corrected chi connectivity index (χ4v) is 2.51. The average Bonchev–Trinajstić information content (AvgIpc) is 2.82. The van der Waals surface area contributed by atoms with Crippen LogP contribution in [0.25, 0.3) is 11.0 Å². The third-order valence-electron chi connectivity index (χ3n) is 3.48. The number of piperidine rings is 1. The first-order valence-corrected chi connectivity index (χ1v) is 6.60. The van der Waals surface area contributed by atoms with Crippen molar-refractivity contribution in [2.24, 2.45) is 0 Å². The van der Waals surface area contributed by atoms with E-state index in [4.69, 9.17) is 9.15 Å². The second-order valence-electron chi connectivity index (χ2n) is 5.08. The predicted molar refractivity (Wildman–Crippen MR) is 79.4 cm³/mol. The summed E-state index contributed by atoms with van der Waals surface area (Å²) in [5.41, 5.74) is 0.718. The summed E-state index contributed by atoms with van der Waals surface area (Å²) in [6.07, 6.45) is 1.96. The molecule has 1 aromatic carbocycles. The van der Waals surface area contributed by atoms with Crippen LogP contribution in [0, 0.1) is 0 Å². The lowest BCUT2D eigenvalue weighted by Crippen LogP contribution is -2.38. The number of carbonyl (C=O) groups is 1. The number of ether oxygens (including phenoxy) is 1. The van der Waals surface area contributed by atoms with Gasteiger partial charge in [-0.25, -0.2) is 4.79 Å². The van der Waals surface area contributed by atoms with Crippen LogP contribution < -0.4 is 0 Å². The van der Waals surface area contributed by atoms with Gasteiger partial charge < -0.3 is 14.1 Å². The molecule has 20 heavy (non-hydrogen) atoms. The van der Waals surface area contributed by atoms with Gasteiger partial charge in [-0.05, 0) is 38.6 Å². The van der Waals surface area contributed by atoms with E-state index in [1.165, 1.54) is 0 Å². The van der Waals surface area contributed by atoms with Crippen molar-refractivity contribution in [1.82, 2.24) is 4.90 Å². The molecule has 0 saturated carbocycles. The lowest BCUT2D eigenvalue weighted by Gasteiger charge is -2.28. The van der Waals surface area contributed by atoms with Gasteiger partial charge in [0.15, 0.2) is 0 Å². The molecule has 0 radical (unpaired) electrons. The lowest BCUT2D eigenvalue weighted by molar-refractivity contribution is 0.00797. The van der Waals surface area contributed by atoms with Gasteiger partial charge in [-0.1, -0.05) is 18.2 Å². The quantitative estimate of drug-likeness (QED) is 0.799. The first-order chi connectivity index (χ1) is 9.22. The lowest BCUT2D eigenvalue weighted by atomic mass is 10.1. The highest BCUT2D eigenvalue weighted by Crippen LogP contribution is 2.21. The molecule has 4 nitrogen and oxygen atoms in total. The van der Waals surface area contributed by atoms with E-state index in [9.17, 15) is 4.79 Å². The van der Waals surface area contributed by atoms with Crippen LogP contribution in [0.2, 0.25) is 0 Å². The minimum absolute atomic E-state index is 0. The van der Waals surface area contributed by atoms with Gasteiger partial charge >= 0.3 is 5.97 Å². The smallest absolute Gasteiger partial charge is 0.374 e. The van der Waals surface area contributed by atoms with E-state index in [0.29, 0.717) is 0 Å². The van der Waals surface area contributed by atoms with Crippen LogP contribution in [0.5, 0.6) is 0 Å². The van der Waals surface area contributed by atoms with Gasteiger partial charge in [0.05, 0.1) is 0 Å². The Morgan fingerprint density at radius 2 is 2.20 bits per heavy atom. The molecule has 2 heterocycles. The van der Waals surface area contributed by atoms with E-state index < -0.39 is 0 Å². The summed E-state index contributed by atoms with van der Waals surface area (Å²) in [6, 6.07) is 9.31. The highest BCUT2D eigenvalue weighted by molar-refractivity contribution is 5.92. The zero-order valence-corrected chi connectivity index (χ0v) is 12.2. The molecule has 1 aromatic heterocycles. The van der Waals surface area contributed by atoms with Gasteiger partial charge in [-0.2, -0.15) is 0 Å². The van der Waals surface area contributed by atoms with Crippen LogP contribution in [-0.2, 0) is 4.74 Å². The summed E-state index contributed by atoms with van der Waals surface area (Å²) in [7, 11) is 2.04. The Bertz CT molecular complexity index is 563. The summed E-state index contributed by atoms with van der Waals surface area (Å²) >= 11 is 0. The number of likely N-dealkylation sites (tertiary alicyclic amines) is 1. The number of hydrogen-bond acceptors (Lipinski definition) is 4. The van der Waals surface area contributed by atoms with Gasteiger partial charge in [-0.3, -0.25) is 0 Å². The Morgan fingerprint density at radius 1 is 1.40 bits per heavy atom. The number of halogens is 1. The number of carbonyl (C=O) groups excluding carboxylic acids is 1. The molecule has 108 valence electrons. The van der Waals surface area contributed by atoms with E-state index in [0.717, 1.165) is 36.9 Å². The minimum Gasteiger partial charge on any atom is -0.455 e. The van der Waals surface area contributed by atoms with Crippen molar-refractivity contribution in [2.45, 2.75) is 18.9 Å². The summed E-state index contributed by atoms with van der Waals surface area (Å²) in [4.78, 5) is 14.2. The van der Waals surface area contributed by atoms with Crippen LogP contribution in [0.15, 0.2) is 34.7 Å². The molecule has 0 aliphatic carbocycles. The third-order valence-corrected chi connectivity index (χ3v) is 3.48. The number of para-hydroxylation sites is 1. The van der Waals surface area contributed by atoms with Gasteiger partial charge in [0.2, 0.25) is 5.76 Å². The van der Waals surface area contributed by atoms with Crippen molar-refractivity contribution in [1.29, 1.82) is 0 Å². The maximum absolute atomic E-state index is 12.1. The summed E-state index contributed by atoms with van der Waals surface area (Å²) in [6.45, 7) is 1.87. The number of fused-ring (bicyclic) bond motifs is 1. The third kappa shape index (κ3) is 3.14. The van der Waals surface area contributed by atoms with Crippen LogP contribution in [0.3, 0.4) is 0 Å². The number of likely N-dealkylation sites (N-methyl/N-ethyl adjacent to an activating group) is 1. The number of esters is 1. The number of hydrogen-bond donors (Lipinski definition) is 0. The molecule has 1 unspecified atom stereocenters. The molecule has 3 rings (SSSR count). The van der Waals surface area contributed by atoms with Crippen molar-refractivity contribution in [3.8, 4) is 0 Å². The predicted octanol–water partition coefficient (Wildman–Crippen LogP) is 3.11. The van der Waals surface area contributed by atoms with Crippen molar-refractivity contribution in [2.75, 3.05) is 20.1 Å². The van der Waals surface area contributed by atoms with Crippen molar-refractivity contribution in [3.63, 3.8) is 0 Å². The SMILES string of the molecule is CN1CCCC(OC(=O)c2cc3ccccc3o2)C1.Cl. The van der Waals surface area contributed by atoms with E-state index in [1.807, 2.05) is 31.3 Å². The molecular formula is C15H18ClNO3. The van der Waals surface area contributed by atoms with Crippen molar-refractivity contribution >= 4 is 29.3 Å². The molecule has 1 atom stereocenters. The molecule has 0 bridgehead atoms. The molecule has 0 N–H and O–H groups in total. The standard InChI is InChI=1S/C15H17NO3.ClH/c1-16-8-4-6-12(10-16)18-15(17)14-9-11-5-2-3-7-13(11)19-14;/h2-3,5,7,9,12H,4,6,8,10H2,1H3;1H. The maximum Gasteiger partial charge on any atom is 0.374 e. The first-order valence-electron chi connectivity index (χ1n) is 6.60. The zero-order valence-electron chi connectivity index (χ0n) is 11.4. The zero-order chi connectivity index (χ0) is 13.2. The molecule has 0 spiro atoms. The fraction of sp³-hybridized carbons (Fsp3) is 0.400. The summed E-state index contributed by atoms with van der Waals surface area (Å²) in [5, 5.41) is 0.926. The largest absolute Gasteiger partial charge is 0.455 e. The topological polar surface area (TPSA) is 42.7 Å². The highest BCUT2D eigenvalue weighted by Gasteiger charge is 2.23. The minimum atomic E-state index is -0.364. The van der Waals surface area contributed by atoms with Crippen molar-refractivity contribution in [3.05, 3.63) is 36.1 Å². The first kappa shape index (κ1) is 14.9. The second kappa shape index (κ2) is 6.29. The van der Waals surface area contributed by atoms with Crippen LogP contribution >= 0.6 is 12.4 Å².